The largest absolute Gasteiger partial charge is 0.417 e. The fourth-order valence-corrected chi connectivity index (χ4v) is 1.67. The number of nitrogens with two attached hydrogens (primary N) is 1. The Hall–Kier alpha value is -2.22. The predicted molar refractivity (Wildman–Crippen MR) is 67.8 cm³/mol. The first-order valence-corrected chi connectivity index (χ1v) is 5.52. The minimum Gasteiger partial charge on any atom is -0.402 e. The summed E-state index contributed by atoms with van der Waals surface area (Å²) in [4.78, 5) is 0. The highest BCUT2D eigenvalue weighted by molar-refractivity contribution is 5.76. The molecule has 1 rings (SSSR count). The van der Waals surface area contributed by atoms with E-state index in [0.717, 1.165) is 12.1 Å². The maximum absolute atomic E-state index is 12.8. The van der Waals surface area contributed by atoms with Crippen LogP contribution in [0.15, 0.2) is 36.0 Å². The minimum atomic E-state index is -4.56. The molecule has 0 fully saturated rings. The van der Waals surface area contributed by atoms with Crippen molar-refractivity contribution in [1.82, 2.24) is 0 Å². The van der Waals surface area contributed by atoms with Gasteiger partial charge in [0.05, 0.1) is 17.2 Å². The smallest absolute Gasteiger partial charge is 0.402 e. The molecule has 100 valence electrons. The third kappa shape index (κ3) is 3.38. The van der Waals surface area contributed by atoms with Gasteiger partial charge in [0, 0.05) is 5.70 Å². The molecule has 1 aromatic carbocycles. The molecule has 0 unspecified atom stereocenters. The molecule has 0 spiro atoms. The number of hydrogen-bond donors (Lipinski definition) is 1. The van der Waals surface area contributed by atoms with Crippen molar-refractivity contribution in [1.29, 1.82) is 5.26 Å². The average molecular weight is 266 g/mol. The molecule has 0 bridgehead atoms. The van der Waals surface area contributed by atoms with E-state index in [1.807, 2.05) is 0 Å². The van der Waals surface area contributed by atoms with E-state index in [4.69, 9.17) is 11.0 Å². The Morgan fingerprint density at radius 3 is 2.42 bits per heavy atom. The van der Waals surface area contributed by atoms with Crippen LogP contribution in [0.25, 0.3) is 5.57 Å². The van der Waals surface area contributed by atoms with E-state index < -0.39 is 17.3 Å². The maximum atomic E-state index is 12.8. The van der Waals surface area contributed by atoms with Gasteiger partial charge in [-0.15, -0.1) is 0 Å². The lowest BCUT2D eigenvalue weighted by molar-refractivity contribution is -0.137. The van der Waals surface area contributed by atoms with Gasteiger partial charge < -0.3 is 5.73 Å². The van der Waals surface area contributed by atoms with Gasteiger partial charge in [0.25, 0.3) is 0 Å². The normalized spacial score (nSPS) is 13.3. The molecule has 0 heterocycles. The first-order valence-electron chi connectivity index (χ1n) is 5.52. The lowest BCUT2D eigenvalue weighted by Crippen LogP contribution is -2.09. The van der Waals surface area contributed by atoms with Gasteiger partial charge in [0.1, 0.15) is 0 Å². The Morgan fingerprint density at radius 1 is 1.37 bits per heavy atom. The van der Waals surface area contributed by atoms with E-state index in [9.17, 15) is 13.2 Å². The van der Waals surface area contributed by atoms with Crippen LogP contribution in [0.1, 0.15) is 30.5 Å². The van der Waals surface area contributed by atoms with Gasteiger partial charge in [-0.1, -0.05) is 18.2 Å². The zero-order valence-electron chi connectivity index (χ0n) is 10.5. The molecule has 0 aliphatic carbocycles. The summed E-state index contributed by atoms with van der Waals surface area (Å²) in [5.41, 5.74) is 5.58. The van der Waals surface area contributed by atoms with Crippen LogP contribution in [0, 0.1) is 11.3 Å². The monoisotopic (exact) mass is 266 g/mol. The Morgan fingerprint density at radius 2 is 2.00 bits per heavy atom. The number of alkyl halides is 3. The number of nitrogens with zero attached hydrogens (tertiary/aromatic N) is 1. The molecule has 0 atom stereocenters. The Labute approximate surface area is 109 Å². The van der Waals surface area contributed by atoms with Gasteiger partial charge in [0.2, 0.25) is 0 Å². The predicted octanol–water partition coefficient (Wildman–Crippen LogP) is 3.84. The van der Waals surface area contributed by atoms with Crippen LogP contribution in [0.3, 0.4) is 0 Å². The zero-order chi connectivity index (χ0) is 14.6. The second-order valence-corrected chi connectivity index (χ2v) is 3.97. The number of benzene rings is 1. The number of halogens is 3. The van der Waals surface area contributed by atoms with Crippen molar-refractivity contribution in [3.8, 4) is 6.07 Å². The molecule has 0 radical (unpaired) electrons. The summed E-state index contributed by atoms with van der Waals surface area (Å²) in [6.07, 6.45) is -1.24. The number of nitriles is 1. The molecular weight excluding hydrogens is 253 g/mol. The highest BCUT2D eigenvalue weighted by atomic mass is 19.4. The van der Waals surface area contributed by atoms with Crippen molar-refractivity contribution in [3.63, 3.8) is 0 Å². The van der Waals surface area contributed by atoms with Gasteiger partial charge >= 0.3 is 6.18 Å². The first kappa shape index (κ1) is 14.8. The van der Waals surface area contributed by atoms with E-state index >= 15 is 0 Å². The van der Waals surface area contributed by atoms with E-state index in [0.29, 0.717) is 16.8 Å². The Bertz CT molecular complexity index is 571. The Balaban J connectivity index is 3.51. The van der Waals surface area contributed by atoms with Gasteiger partial charge in [-0.2, -0.15) is 18.4 Å². The standard InChI is InChI=1S/C14H13F3N2/c1-3-4-12(9(2)19)10-5-6-11(8-18)13(7-10)14(15,16)17/h3-7H,19H2,1-2H3/b4-3+,12-9+. The highest BCUT2D eigenvalue weighted by Crippen LogP contribution is 2.34. The Kier molecular flexibility index (Phi) is 4.38. The molecule has 0 aliphatic heterocycles. The summed E-state index contributed by atoms with van der Waals surface area (Å²) in [5.74, 6) is 0. The van der Waals surface area contributed by atoms with Crippen LogP contribution in [0.5, 0.6) is 0 Å². The van der Waals surface area contributed by atoms with Gasteiger partial charge in [-0.3, -0.25) is 0 Å². The van der Waals surface area contributed by atoms with E-state index in [2.05, 4.69) is 0 Å². The quantitative estimate of drug-likeness (QED) is 0.827. The summed E-state index contributed by atoms with van der Waals surface area (Å²) in [6, 6.07) is 5.11. The maximum Gasteiger partial charge on any atom is 0.417 e. The summed E-state index contributed by atoms with van der Waals surface area (Å²) >= 11 is 0. The summed E-state index contributed by atoms with van der Waals surface area (Å²) in [5, 5.41) is 8.72. The summed E-state index contributed by atoms with van der Waals surface area (Å²) in [7, 11) is 0. The second kappa shape index (κ2) is 5.61. The topological polar surface area (TPSA) is 49.8 Å². The highest BCUT2D eigenvalue weighted by Gasteiger charge is 2.33. The molecule has 0 amide bonds. The molecule has 2 N–H and O–H groups in total. The third-order valence-electron chi connectivity index (χ3n) is 2.51. The summed E-state index contributed by atoms with van der Waals surface area (Å²) < 4.78 is 38.5. The van der Waals surface area contributed by atoms with Crippen LogP contribution in [-0.2, 0) is 6.18 Å². The molecule has 0 saturated carbocycles. The lowest BCUT2D eigenvalue weighted by Gasteiger charge is -2.12. The van der Waals surface area contributed by atoms with Gasteiger partial charge in [0.15, 0.2) is 0 Å². The molecule has 0 aliphatic rings. The fourth-order valence-electron chi connectivity index (χ4n) is 1.67. The van der Waals surface area contributed by atoms with Crippen LogP contribution in [0.4, 0.5) is 13.2 Å². The molecular formula is C14H13F3N2. The van der Waals surface area contributed by atoms with Crippen molar-refractivity contribution in [3.05, 3.63) is 52.7 Å². The average Bonchev–Trinajstić information content (AvgIpc) is 2.33. The van der Waals surface area contributed by atoms with Gasteiger partial charge in [-0.05, 0) is 37.1 Å². The second-order valence-electron chi connectivity index (χ2n) is 3.97. The van der Waals surface area contributed by atoms with E-state index in [1.165, 1.54) is 6.07 Å². The van der Waals surface area contributed by atoms with Crippen molar-refractivity contribution in [2.75, 3.05) is 0 Å². The lowest BCUT2D eigenvalue weighted by atomic mass is 9.98. The van der Waals surface area contributed by atoms with Crippen molar-refractivity contribution in [2.45, 2.75) is 20.0 Å². The zero-order valence-corrected chi connectivity index (χ0v) is 10.5. The molecule has 0 aromatic heterocycles. The van der Waals surface area contributed by atoms with Crippen LogP contribution >= 0.6 is 0 Å². The van der Waals surface area contributed by atoms with Crippen LogP contribution < -0.4 is 5.73 Å². The van der Waals surface area contributed by atoms with Crippen molar-refractivity contribution >= 4 is 5.57 Å². The van der Waals surface area contributed by atoms with Crippen molar-refractivity contribution in [2.24, 2.45) is 5.73 Å². The first-order chi connectivity index (χ1) is 8.81. The molecule has 1 aromatic rings. The minimum absolute atomic E-state index is 0.337. The SMILES string of the molecule is C/C=C/C(=C(/C)N)c1ccc(C#N)c(C(F)(F)F)c1. The van der Waals surface area contributed by atoms with Crippen molar-refractivity contribution < 1.29 is 13.2 Å². The van der Waals surface area contributed by atoms with Gasteiger partial charge in [-0.25, -0.2) is 0 Å². The molecule has 2 nitrogen and oxygen atoms in total. The number of hydrogen-bond acceptors (Lipinski definition) is 2. The van der Waals surface area contributed by atoms with Crippen LogP contribution in [0.2, 0.25) is 0 Å². The summed E-state index contributed by atoms with van der Waals surface area (Å²) in [6.45, 7) is 3.36. The molecule has 5 heteroatoms. The number of allylic oxidation sites excluding steroid dienone is 4. The van der Waals surface area contributed by atoms with E-state index in [1.54, 1.807) is 32.1 Å². The number of rotatable bonds is 2. The fraction of sp³-hybridized carbons (Fsp3) is 0.214. The third-order valence-corrected chi connectivity index (χ3v) is 2.51. The molecule has 19 heavy (non-hydrogen) atoms. The van der Waals surface area contributed by atoms with E-state index in [-0.39, 0.29) is 0 Å². The van der Waals surface area contributed by atoms with Crippen LogP contribution in [-0.4, -0.2) is 0 Å². The molecule has 0 saturated heterocycles.